The summed E-state index contributed by atoms with van der Waals surface area (Å²) in [5.41, 5.74) is 0. The van der Waals surface area contributed by atoms with Crippen LogP contribution >= 0.6 is 0 Å². The van der Waals surface area contributed by atoms with E-state index < -0.39 is 0 Å². The van der Waals surface area contributed by atoms with E-state index in [1.807, 2.05) is 0 Å². The summed E-state index contributed by atoms with van der Waals surface area (Å²) >= 11 is 0. The Bertz CT molecular complexity index is 109. The normalized spacial score (nSPS) is 15.4. The lowest BCUT2D eigenvalue weighted by atomic mass is 9.91. The van der Waals surface area contributed by atoms with Crippen LogP contribution in [0.5, 0.6) is 0 Å². The molecule has 0 saturated carbocycles. The largest absolute Gasteiger partial charge is 0.396 e. The third-order valence-corrected chi connectivity index (χ3v) is 2.81. The Morgan fingerprint density at radius 2 is 1.64 bits per heavy atom. The van der Waals surface area contributed by atoms with Crippen molar-refractivity contribution >= 4 is 0 Å². The maximum atomic E-state index is 9.89. The van der Waals surface area contributed by atoms with Gasteiger partial charge in [0.25, 0.3) is 0 Å². The predicted molar refractivity (Wildman–Crippen MR) is 60.2 cm³/mol. The molecule has 2 heteroatoms. The van der Waals surface area contributed by atoms with Gasteiger partial charge in [0, 0.05) is 6.61 Å². The standard InChI is InChI=1S/C12H26O2/c1-3-5-6-8-12(14)11(7-4-2)9-10-13/h11-14H,3-10H2,1-2H3. The molecule has 2 unspecified atom stereocenters. The van der Waals surface area contributed by atoms with E-state index in [1.54, 1.807) is 0 Å². The van der Waals surface area contributed by atoms with Gasteiger partial charge in [0.2, 0.25) is 0 Å². The van der Waals surface area contributed by atoms with Gasteiger partial charge in [-0.05, 0) is 25.2 Å². The Balaban J connectivity index is 3.69. The van der Waals surface area contributed by atoms with Gasteiger partial charge >= 0.3 is 0 Å². The van der Waals surface area contributed by atoms with Gasteiger partial charge in [0.1, 0.15) is 0 Å². The van der Waals surface area contributed by atoms with Crippen LogP contribution in [-0.2, 0) is 0 Å². The van der Waals surface area contributed by atoms with Gasteiger partial charge in [-0.2, -0.15) is 0 Å². The van der Waals surface area contributed by atoms with Gasteiger partial charge in [-0.15, -0.1) is 0 Å². The third-order valence-electron chi connectivity index (χ3n) is 2.81. The SMILES string of the molecule is CCCCCC(O)C(CCC)CCO. The van der Waals surface area contributed by atoms with Crippen molar-refractivity contribution in [1.82, 2.24) is 0 Å². The first-order chi connectivity index (χ1) is 6.76. The van der Waals surface area contributed by atoms with Crippen molar-refractivity contribution < 1.29 is 10.2 Å². The summed E-state index contributed by atoms with van der Waals surface area (Å²) in [6.07, 6.45) is 7.10. The average Bonchev–Trinajstić information content (AvgIpc) is 2.18. The van der Waals surface area contributed by atoms with Crippen LogP contribution in [0.1, 0.15) is 58.8 Å². The van der Waals surface area contributed by atoms with Crippen molar-refractivity contribution in [3.05, 3.63) is 0 Å². The lowest BCUT2D eigenvalue weighted by Gasteiger charge is -2.21. The van der Waals surface area contributed by atoms with Crippen LogP contribution in [0.15, 0.2) is 0 Å². The zero-order chi connectivity index (χ0) is 10.8. The maximum absolute atomic E-state index is 9.89. The lowest BCUT2D eigenvalue weighted by Crippen LogP contribution is -2.21. The number of rotatable bonds is 9. The van der Waals surface area contributed by atoms with E-state index in [0.29, 0.717) is 5.92 Å². The van der Waals surface area contributed by atoms with Crippen molar-refractivity contribution in [3.8, 4) is 0 Å². The molecule has 0 radical (unpaired) electrons. The highest BCUT2D eigenvalue weighted by atomic mass is 16.3. The highest BCUT2D eigenvalue weighted by Gasteiger charge is 2.16. The first-order valence-electron chi connectivity index (χ1n) is 6.05. The van der Waals surface area contributed by atoms with E-state index in [0.717, 1.165) is 32.1 Å². The predicted octanol–water partition coefficient (Wildman–Crippen LogP) is 2.73. The molecule has 0 aromatic heterocycles. The summed E-state index contributed by atoms with van der Waals surface area (Å²) < 4.78 is 0. The fourth-order valence-corrected chi connectivity index (χ4v) is 1.90. The molecule has 0 aliphatic rings. The van der Waals surface area contributed by atoms with Crippen molar-refractivity contribution in [2.24, 2.45) is 5.92 Å². The molecular formula is C12H26O2. The first kappa shape index (κ1) is 13.9. The van der Waals surface area contributed by atoms with Crippen LogP contribution in [0.25, 0.3) is 0 Å². The van der Waals surface area contributed by atoms with E-state index in [4.69, 9.17) is 5.11 Å². The number of aliphatic hydroxyl groups is 2. The first-order valence-corrected chi connectivity index (χ1v) is 6.05. The minimum absolute atomic E-state index is 0.200. The highest BCUT2D eigenvalue weighted by molar-refractivity contribution is 4.68. The molecule has 0 saturated heterocycles. The van der Waals surface area contributed by atoms with E-state index in [-0.39, 0.29) is 12.7 Å². The van der Waals surface area contributed by atoms with E-state index in [9.17, 15) is 5.11 Å². The Morgan fingerprint density at radius 3 is 2.14 bits per heavy atom. The molecule has 2 N–H and O–H groups in total. The highest BCUT2D eigenvalue weighted by Crippen LogP contribution is 2.19. The minimum Gasteiger partial charge on any atom is -0.396 e. The zero-order valence-corrected chi connectivity index (χ0v) is 9.71. The number of hydrogen-bond acceptors (Lipinski definition) is 2. The molecule has 0 rings (SSSR count). The van der Waals surface area contributed by atoms with Crippen molar-refractivity contribution in [2.75, 3.05) is 6.61 Å². The van der Waals surface area contributed by atoms with Gasteiger partial charge in [-0.25, -0.2) is 0 Å². The Morgan fingerprint density at radius 1 is 0.929 bits per heavy atom. The molecule has 0 amide bonds. The Kier molecular flexibility index (Phi) is 9.42. The second-order valence-corrected chi connectivity index (χ2v) is 4.12. The van der Waals surface area contributed by atoms with Crippen LogP contribution in [0, 0.1) is 5.92 Å². The molecule has 0 aromatic carbocycles. The lowest BCUT2D eigenvalue weighted by molar-refractivity contribution is 0.0743. The Labute approximate surface area is 88.3 Å². The zero-order valence-electron chi connectivity index (χ0n) is 9.71. The van der Waals surface area contributed by atoms with Crippen molar-refractivity contribution in [1.29, 1.82) is 0 Å². The summed E-state index contributed by atoms with van der Waals surface area (Å²) in [6.45, 7) is 4.50. The van der Waals surface area contributed by atoms with Gasteiger partial charge in [0.05, 0.1) is 6.10 Å². The molecule has 2 atom stereocenters. The number of unbranched alkanes of at least 4 members (excludes halogenated alkanes) is 2. The fraction of sp³-hybridized carbons (Fsp3) is 1.00. The van der Waals surface area contributed by atoms with Crippen LogP contribution in [0.3, 0.4) is 0 Å². The van der Waals surface area contributed by atoms with Crippen molar-refractivity contribution in [2.45, 2.75) is 64.9 Å². The second-order valence-electron chi connectivity index (χ2n) is 4.12. The molecule has 0 aromatic rings. The third kappa shape index (κ3) is 6.39. The Hall–Kier alpha value is -0.0800. The molecule has 0 heterocycles. The average molecular weight is 202 g/mol. The topological polar surface area (TPSA) is 40.5 Å². The molecule has 2 nitrogen and oxygen atoms in total. The van der Waals surface area contributed by atoms with Crippen LogP contribution in [-0.4, -0.2) is 22.9 Å². The molecule has 14 heavy (non-hydrogen) atoms. The van der Waals surface area contributed by atoms with Crippen LogP contribution in [0.2, 0.25) is 0 Å². The molecule has 0 bridgehead atoms. The minimum atomic E-state index is -0.200. The number of hydrogen-bond donors (Lipinski definition) is 2. The fourth-order valence-electron chi connectivity index (χ4n) is 1.90. The second kappa shape index (κ2) is 9.47. The van der Waals surface area contributed by atoms with Crippen LogP contribution in [0.4, 0.5) is 0 Å². The quantitative estimate of drug-likeness (QED) is 0.564. The molecule has 0 fully saturated rings. The van der Waals surface area contributed by atoms with Gasteiger partial charge in [0.15, 0.2) is 0 Å². The summed E-state index contributed by atoms with van der Waals surface area (Å²) in [5.74, 6) is 0.307. The summed E-state index contributed by atoms with van der Waals surface area (Å²) in [6, 6.07) is 0. The monoisotopic (exact) mass is 202 g/mol. The van der Waals surface area contributed by atoms with E-state index >= 15 is 0 Å². The summed E-state index contributed by atoms with van der Waals surface area (Å²) in [7, 11) is 0. The van der Waals surface area contributed by atoms with Gasteiger partial charge in [-0.1, -0.05) is 39.5 Å². The number of aliphatic hydroxyl groups excluding tert-OH is 2. The maximum Gasteiger partial charge on any atom is 0.0569 e. The molecule has 0 spiro atoms. The molecule has 86 valence electrons. The molecular weight excluding hydrogens is 176 g/mol. The smallest absolute Gasteiger partial charge is 0.0569 e. The molecule has 0 aliphatic heterocycles. The van der Waals surface area contributed by atoms with Gasteiger partial charge in [-0.3, -0.25) is 0 Å². The summed E-state index contributed by atoms with van der Waals surface area (Å²) in [4.78, 5) is 0. The van der Waals surface area contributed by atoms with Gasteiger partial charge < -0.3 is 10.2 Å². The molecule has 0 aliphatic carbocycles. The summed E-state index contributed by atoms with van der Waals surface area (Å²) in [5, 5.41) is 18.8. The van der Waals surface area contributed by atoms with Crippen molar-refractivity contribution in [3.63, 3.8) is 0 Å². The van der Waals surface area contributed by atoms with E-state index in [2.05, 4.69) is 13.8 Å². The van der Waals surface area contributed by atoms with E-state index in [1.165, 1.54) is 12.8 Å². The van der Waals surface area contributed by atoms with Crippen LogP contribution < -0.4 is 0 Å².